The maximum absolute atomic E-state index is 14.6. The van der Waals surface area contributed by atoms with Crippen LogP contribution in [-0.4, -0.2) is 351 Å². The largest absolute Gasteiger partial charge is 0.536 e. The second kappa shape index (κ2) is 49.0. The van der Waals surface area contributed by atoms with E-state index in [4.69, 9.17) is 18.6 Å². The number of thiazole rings is 1. The van der Waals surface area contributed by atoms with Crippen molar-refractivity contribution in [3.8, 4) is 23.0 Å². The summed E-state index contributed by atoms with van der Waals surface area (Å²) in [5.41, 5.74) is 5.20. The lowest BCUT2D eigenvalue weighted by Gasteiger charge is -2.33. The first kappa shape index (κ1) is 113. The number of fused-ring (bicyclic) bond motifs is 4. The quantitative estimate of drug-likeness (QED) is 0.0182. The number of pyridine rings is 1. The number of carboxylic acid groups (broad SMARTS) is 3. The number of carbonyl (C=O) groups excluding carboxylic acids is 16. The highest BCUT2D eigenvalue weighted by atomic mass is 32.1. The summed E-state index contributed by atoms with van der Waals surface area (Å²) in [5, 5.41) is 101. The molecule has 0 spiro atoms. The highest BCUT2D eigenvalue weighted by Crippen LogP contribution is 2.44. The van der Waals surface area contributed by atoms with Crippen LogP contribution in [0.5, 0.6) is 23.0 Å². The van der Waals surface area contributed by atoms with E-state index in [0.717, 1.165) is 22.1 Å². The van der Waals surface area contributed by atoms with E-state index in [1.807, 2.05) is 35.8 Å². The Morgan fingerprint density at radius 2 is 0.701 bits per heavy atom. The van der Waals surface area contributed by atoms with Gasteiger partial charge >= 0.3 is 118 Å². The number of aromatic carboxylic acids is 3. The Kier molecular flexibility index (Phi) is 37.5. The van der Waals surface area contributed by atoms with Gasteiger partial charge in [0.1, 0.15) is 87.6 Å². The number of Topliss-reactive ketones (excluding diaryl/α,β-unsaturated/α-hetero) is 4. The molecule has 6 aromatic rings. The fourth-order valence-corrected chi connectivity index (χ4v) is 18.2. The maximum atomic E-state index is 14.6. The summed E-state index contributed by atoms with van der Waals surface area (Å²) in [6.07, 6.45) is -12.3. The van der Waals surface area contributed by atoms with Gasteiger partial charge < -0.3 is 105 Å². The van der Waals surface area contributed by atoms with E-state index in [-0.39, 0.29) is 143 Å². The van der Waals surface area contributed by atoms with E-state index in [9.17, 15) is 159 Å². The molecule has 782 valence electrons. The molecular formula is C91H103B4F5N14O32S. The number of nitrogens with zero attached hydrogens (tertiary/aromatic N) is 10. The topological polar surface area (TPSA) is 643 Å². The molecule has 0 radical (unpaired) electrons. The van der Waals surface area contributed by atoms with Crippen LogP contribution >= 0.6 is 11.3 Å². The Morgan fingerprint density at radius 3 is 1.01 bits per heavy atom. The number of amides is 16. The van der Waals surface area contributed by atoms with Crippen molar-refractivity contribution in [3.63, 3.8) is 0 Å². The molecule has 2 unspecified atom stereocenters. The van der Waals surface area contributed by atoms with Gasteiger partial charge in [-0.15, -0.1) is 11.3 Å². The smallest absolute Gasteiger partial charge is 0.526 e. The number of aromatic nitrogens is 2. The van der Waals surface area contributed by atoms with E-state index in [1.54, 1.807) is 64.3 Å². The molecule has 0 aliphatic carbocycles. The molecule has 2 aromatic heterocycles. The maximum Gasteiger partial charge on any atom is 0.526 e. The number of piperazine rings is 4. The van der Waals surface area contributed by atoms with Gasteiger partial charge in [-0.25, -0.2) is 60.5 Å². The van der Waals surface area contributed by atoms with Gasteiger partial charge in [0.05, 0.1) is 11.2 Å². The Bertz CT molecular complexity index is 5970. The second-order valence-electron chi connectivity index (χ2n) is 35.2. The number of imide groups is 4. The third kappa shape index (κ3) is 25.7. The van der Waals surface area contributed by atoms with Crippen LogP contribution in [0.2, 0.25) is 23.3 Å². The van der Waals surface area contributed by atoms with Gasteiger partial charge in [-0.3, -0.25) is 82.1 Å². The number of urea groups is 4. The number of alkyl halides is 4. The standard InChI is InChI=1S/C24H26BFN4O6.C23H25BN4O8S.2C22H26BF2N3O9/c1-3-29-10-11-30(23(33)22(29)32)24(34)28-20(19-17(26)8-5-9-27-19)18(31)13-16-12-15-7-4-6-14(2)21(15)36-25(16)35;1-3-27-6-7-28(21(31)20(27)30)23(34)26-18(15-10-37-11-25-15)16(29)9-14-8-13-5-4-12(2)17(22(32)33)19(13)36-24(14)35;2*1-3-27-6-7-28(20(32)19(27)31)22(35)26-15(16(30)18(24)25)13(29)9-12-8-11-5-4-10(2)14(21(33)34)17(11)37-23(12)36/h4-9,16,20,35H,3,10-13H2,1-2H3,(H,28,34);4-5,10-11,14,18,35H,3,6-9H2,1-2H3,(H,26,34)(H,32,33);2*4-5,12,15-16,18,30,36H,3,6-9H2,1-2H3,(H,26,35)(H,33,34)/t16-,20?;14-,18?;12-,15+,16+;12-,15-,16+/m1111/s1. The molecule has 0 saturated carbocycles. The monoisotopic (exact) mass is 2070 g/mol. The van der Waals surface area contributed by atoms with Gasteiger partial charge in [-0.05, 0) is 138 Å². The molecule has 14 rings (SSSR count). The molecule has 4 fully saturated rings. The van der Waals surface area contributed by atoms with E-state index < -0.39 is 232 Å². The zero-order chi connectivity index (χ0) is 108. The molecule has 8 aliphatic heterocycles. The number of aryl methyl sites for hydroxylation is 4. The summed E-state index contributed by atoms with van der Waals surface area (Å²) < 4.78 is 90.0. The summed E-state index contributed by atoms with van der Waals surface area (Å²) in [6.45, 7) is 14.1. The van der Waals surface area contributed by atoms with E-state index in [1.165, 1.54) is 74.7 Å². The number of benzene rings is 4. The van der Waals surface area contributed by atoms with Crippen LogP contribution in [0.3, 0.4) is 0 Å². The number of halogens is 5. The molecule has 16 amide bonds. The van der Waals surface area contributed by atoms with Crippen LogP contribution in [-0.2, 0) is 83.2 Å². The number of aliphatic hydroxyl groups excluding tert-OH is 2. The normalized spacial score (nSPS) is 18.8. The van der Waals surface area contributed by atoms with E-state index in [2.05, 4.69) is 20.6 Å². The van der Waals surface area contributed by atoms with Gasteiger partial charge in [0.15, 0.2) is 23.1 Å². The van der Waals surface area contributed by atoms with E-state index >= 15 is 0 Å². The summed E-state index contributed by atoms with van der Waals surface area (Å²) in [7, 11) is -6.10. The number of likely N-dealkylation sites (N-methyl/N-ethyl adjacent to an activating group) is 4. The fourth-order valence-electron chi connectivity index (χ4n) is 17.6. The molecule has 8 aliphatic rings. The first-order valence-electron chi connectivity index (χ1n) is 46.3. The van der Waals surface area contributed by atoms with Gasteiger partial charge in [0, 0.05) is 139 Å². The van der Waals surface area contributed by atoms with Gasteiger partial charge in [0.25, 0.3) is 12.9 Å². The third-order valence-corrected chi connectivity index (χ3v) is 26.4. The number of carbonyl (C=O) groups is 19. The van der Waals surface area contributed by atoms with Crippen LogP contribution in [0.15, 0.2) is 83.8 Å². The highest BCUT2D eigenvalue weighted by molar-refractivity contribution is 7.07. The minimum atomic E-state index is -3.45. The highest BCUT2D eigenvalue weighted by Gasteiger charge is 2.50. The number of ketones is 4. The minimum Gasteiger partial charge on any atom is -0.536 e. The predicted octanol–water partition coefficient (Wildman–Crippen LogP) is 2.12. The lowest BCUT2D eigenvalue weighted by atomic mass is 9.64. The molecule has 0 bridgehead atoms. The van der Waals surface area contributed by atoms with Gasteiger partial charge in [-0.1, -0.05) is 54.6 Å². The van der Waals surface area contributed by atoms with Gasteiger partial charge in [-0.2, -0.15) is 0 Å². The third-order valence-electron chi connectivity index (χ3n) is 25.8. The van der Waals surface area contributed by atoms with Crippen molar-refractivity contribution < 1.29 is 177 Å². The predicted molar refractivity (Wildman–Crippen MR) is 502 cm³/mol. The van der Waals surface area contributed by atoms with Crippen LogP contribution in [0.4, 0.5) is 41.1 Å². The summed E-state index contributed by atoms with van der Waals surface area (Å²) in [4.78, 5) is 252. The summed E-state index contributed by atoms with van der Waals surface area (Å²) in [5.74, 6) is -18.8. The minimum absolute atomic E-state index is 0.00727. The zero-order valence-corrected chi connectivity index (χ0v) is 81.0. The SMILES string of the molecule is CCN1CCN(C(=O)NC(C(=O)C[C@H]2Cc3ccc(C)c(C(=O)O)c3OB2O)c2cscn2)C(=O)C1=O.CCN1CCN(C(=O)NC(C(=O)C[C@H]2Cc3cccc(C)c3OB2O)c2ncccc2F)C(=O)C1=O.CCN1CCN(C(=O)N[C@@H](C(=O)C[C@H]2Cc3ccc(C)c(C(=O)O)c3OB2O)[C@H](O)C(F)F)C(=O)C1=O.CCN1CCN(C(=O)N[C@H](C(=O)C[C@H]2Cc3ccc(C)c(C(=O)O)c3OB2O)[C@H](O)C(F)F)C(=O)C1=O. The van der Waals surface area contributed by atoms with Crippen molar-refractivity contribution in [2.75, 3.05) is 78.5 Å². The Balaban J connectivity index is 0.000000186. The average molecular weight is 2080 g/mol. The number of para-hydroxylation sites is 1. The summed E-state index contributed by atoms with van der Waals surface area (Å²) >= 11 is 1.21. The Labute approximate surface area is 839 Å². The van der Waals surface area contributed by atoms with Crippen molar-refractivity contribution in [2.45, 2.75) is 179 Å². The average Bonchev–Trinajstić information content (AvgIpc) is 1.31. The fraction of sp³-hybridized carbons (Fsp3) is 0.440. The van der Waals surface area contributed by atoms with E-state index in [0.29, 0.717) is 73.3 Å². The number of hydrogen-bond acceptors (Lipinski definition) is 32. The number of rotatable bonds is 29. The van der Waals surface area contributed by atoms with Crippen molar-refractivity contribution in [1.82, 2.24) is 70.4 Å². The second-order valence-corrected chi connectivity index (χ2v) is 35.9. The summed E-state index contributed by atoms with van der Waals surface area (Å²) in [6, 6.07) is 5.80. The van der Waals surface area contributed by atoms with Crippen LogP contribution in [0, 0.1) is 33.5 Å². The molecule has 10 heterocycles. The van der Waals surface area contributed by atoms with Crippen LogP contribution in [0.25, 0.3) is 0 Å². The van der Waals surface area contributed by atoms with Crippen molar-refractivity contribution in [3.05, 3.63) is 162 Å². The first-order chi connectivity index (χ1) is 69.6. The Morgan fingerprint density at radius 1 is 0.395 bits per heavy atom. The van der Waals surface area contributed by atoms with Crippen molar-refractivity contribution in [1.29, 1.82) is 0 Å². The molecule has 4 aromatic carbocycles. The van der Waals surface area contributed by atoms with Crippen molar-refractivity contribution in [2.24, 2.45) is 0 Å². The van der Waals surface area contributed by atoms with Crippen LogP contribution in [0.1, 0.15) is 152 Å². The van der Waals surface area contributed by atoms with Crippen LogP contribution < -0.4 is 39.9 Å². The Hall–Kier alpha value is -14.7. The molecule has 13 N–H and O–H groups in total. The molecule has 46 nitrogen and oxygen atoms in total. The first-order valence-corrected chi connectivity index (χ1v) is 47.2. The number of hydrogen-bond donors (Lipinski definition) is 13. The number of nitrogens with one attached hydrogen (secondary N) is 4. The zero-order valence-electron chi connectivity index (χ0n) is 80.1. The lowest BCUT2D eigenvalue weighted by molar-refractivity contribution is -0.153. The van der Waals surface area contributed by atoms with Gasteiger partial charge in [0.2, 0.25) is 0 Å². The van der Waals surface area contributed by atoms with Crippen molar-refractivity contribution >= 4 is 152 Å². The number of aliphatic hydroxyl groups is 2. The number of carboxylic acids is 3. The molecule has 56 heteroatoms. The molecular weight excluding hydrogens is 1970 g/mol. The molecule has 4 saturated heterocycles. The lowest BCUT2D eigenvalue weighted by Crippen LogP contribution is -2.61. The molecule has 10 atom stereocenters. The molecule has 147 heavy (non-hydrogen) atoms.